The Hall–Kier alpha value is -3.50. The average molecular weight is 509 g/mol. The van der Waals surface area contributed by atoms with Crippen LogP contribution in [0, 0.1) is 24.0 Å². The first-order valence-corrected chi connectivity index (χ1v) is 12.3. The van der Waals surface area contributed by atoms with Crippen LogP contribution >= 0.6 is 12.2 Å². The number of nitrogens with one attached hydrogen (secondary N) is 1. The van der Waals surface area contributed by atoms with Crippen LogP contribution in [0.1, 0.15) is 41.1 Å². The van der Waals surface area contributed by atoms with E-state index in [0.29, 0.717) is 16.5 Å². The lowest BCUT2D eigenvalue weighted by molar-refractivity contribution is -0.384. The Morgan fingerprint density at radius 2 is 2.00 bits per heavy atom. The molecule has 2 atom stereocenters. The summed E-state index contributed by atoms with van der Waals surface area (Å²) in [6.07, 6.45) is 2.75. The third-order valence-electron chi connectivity index (χ3n) is 6.61. The third-order valence-corrected chi connectivity index (χ3v) is 6.96. The fourth-order valence-electron chi connectivity index (χ4n) is 4.97. The van der Waals surface area contributed by atoms with Crippen molar-refractivity contribution >= 4 is 23.0 Å². The number of aryl methyl sites for hydroxylation is 1. The summed E-state index contributed by atoms with van der Waals surface area (Å²) in [5.74, 6) is 0.568. The van der Waals surface area contributed by atoms with Crippen LogP contribution in [0.4, 0.5) is 5.69 Å². The van der Waals surface area contributed by atoms with Crippen molar-refractivity contribution in [3.05, 3.63) is 81.4 Å². The summed E-state index contributed by atoms with van der Waals surface area (Å²) in [5, 5.41) is 15.7. The summed E-state index contributed by atoms with van der Waals surface area (Å²) >= 11 is 5.81. The van der Waals surface area contributed by atoms with Gasteiger partial charge in [-0.1, -0.05) is 6.07 Å². The summed E-state index contributed by atoms with van der Waals surface area (Å²) in [4.78, 5) is 20.2. The van der Waals surface area contributed by atoms with Crippen LogP contribution in [-0.2, 0) is 0 Å². The van der Waals surface area contributed by atoms with Crippen molar-refractivity contribution < 1.29 is 9.66 Å². The van der Waals surface area contributed by atoms with Crippen LogP contribution in [-0.4, -0.2) is 63.7 Å². The summed E-state index contributed by atoms with van der Waals surface area (Å²) < 4.78 is 7.61. The minimum Gasteiger partial charge on any atom is -0.495 e. The maximum absolute atomic E-state index is 11.5. The molecule has 0 radical (unpaired) electrons. The zero-order valence-corrected chi connectivity index (χ0v) is 22.1. The van der Waals surface area contributed by atoms with Crippen LogP contribution < -0.4 is 10.1 Å². The number of methoxy groups -OCH3 is 1. The first-order valence-electron chi connectivity index (χ1n) is 11.9. The Morgan fingerprint density at radius 3 is 2.64 bits per heavy atom. The predicted molar refractivity (Wildman–Crippen MR) is 144 cm³/mol. The molecule has 3 heterocycles. The lowest BCUT2D eigenvalue weighted by Gasteiger charge is -2.28. The number of ether oxygens (including phenoxy) is 1. The smallest absolute Gasteiger partial charge is 0.271 e. The molecule has 0 saturated carbocycles. The number of nitrogens with zero attached hydrogens (tertiary/aromatic N) is 5. The predicted octanol–water partition coefficient (Wildman–Crippen LogP) is 4.33. The number of nitro benzene ring substituents is 1. The molecule has 9 nitrogen and oxygen atoms in total. The summed E-state index contributed by atoms with van der Waals surface area (Å²) in [6.45, 7) is 5.78. The lowest BCUT2D eigenvalue weighted by Crippen LogP contribution is -2.32. The number of nitro groups is 1. The number of pyridine rings is 1. The van der Waals surface area contributed by atoms with Crippen molar-refractivity contribution in [1.29, 1.82) is 0 Å². The van der Waals surface area contributed by atoms with Crippen LogP contribution in [0.25, 0.3) is 5.69 Å². The number of rotatable bonds is 9. The number of hydrogen-bond donors (Lipinski definition) is 1. The molecule has 0 bridgehead atoms. The van der Waals surface area contributed by atoms with Crippen LogP contribution in [0.5, 0.6) is 5.75 Å². The number of aromatic nitrogens is 2. The molecule has 3 aromatic rings. The second-order valence-corrected chi connectivity index (χ2v) is 9.64. The van der Waals surface area contributed by atoms with E-state index in [1.54, 1.807) is 25.4 Å². The van der Waals surface area contributed by atoms with Crippen LogP contribution in [0.2, 0.25) is 0 Å². The Balaban J connectivity index is 1.83. The normalized spacial score (nSPS) is 17.5. The standard InChI is InChI=1S/C26H32N6O3S/c1-17-15-20(18(2)31(17)22-16-19(32(33)34)10-11-23(22)35-5)25-24(21-9-6-7-12-27-21)28-26(36)30(25)14-8-13-29(3)4/h6-7,9-12,15-16,24-25H,8,13-14H2,1-5H3,(H,28,36)/t24-,25+/m0/s1. The molecular weight excluding hydrogens is 476 g/mol. The van der Waals surface area contributed by atoms with E-state index in [1.807, 2.05) is 36.6 Å². The first-order chi connectivity index (χ1) is 17.2. The Kier molecular flexibility index (Phi) is 7.56. The molecule has 4 rings (SSSR count). The molecule has 0 amide bonds. The van der Waals surface area contributed by atoms with Crippen molar-refractivity contribution in [2.24, 2.45) is 0 Å². The number of thiocarbonyl (C=S) groups is 1. The molecule has 36 heavy (non-hydrogen) atoms. The molecule has 1 aliphatic heterocycles. The minimum absolute atomic E-state index is 0.0141. The number of non-ortho nitro benzene ring substituents is 1. The molecule has 10 heteroatoms. The maximum Gasteiger partial charge on any atom is 0.271 e. The molecule has 1 saturated heterocycles. The van der Waals surface area contributed by atoms with Gasteiger partial charge in [-0.15, -0.1) is 0 Å². The molecule has 0 spiro atoms. The fraction of sp³-hybridized carbons (Fsp3) is 0.385. The van der Waals surface area contributed by atoms with E-state index in [9.17, 15) is 10.1 Å². The van der Waals surface area contributed by atoms with Gasteiger partial charge in [0.1, 0.15) is 5.75 Å². The zero-order valence-electron chi connectivity index (χ0n) is 21.3. The fourth-order valence-corrected chi connectivity index (χ4v) is 5.30. The largest absolute Gasteiger partial charge is 0.495 e. The van der Waals surface area contributed by atoms with Gasteiger partial charge in [-0.05, 0) is 83.0 Å². The topological polar surface area (TPSA) is 88.7 Å². The van der Waals surface area contributed by atoms with Crippen LogP contribution in [0.15, 0.2) is 48.7 Å². The molecule has 1 N–H and O–H groups in total. The molecule has 0 aliphatic carbocycles. The highest BCUT2D eigenvalue weighted by atomic mass is 32.1. The molecule has 0 unspecified atom stereocenters. The second kappa shape index (κ2) is 10.6. The van der Waals surface area contributed by atoms with E-state index in [1.165, 1.54) is 6.07 Å². The molecule has 1 aliphatic rings. The van der Waals surface area contributed by atoms with Gasteiger partial charge in [-0.25, -0.2) is 0 Å². The van der Waals surface area contributed by atoms with Crippen molar-refractivity contribution in [1.82, 2.24) is 24.7 Å². The molecule has 1 fully saturated rings. The summed E-state index contributed by atoms with van der Waals surface area (Å²) in [7, 11) is 5.70. The van der Waals surface area contributed by atoms with Gasteiger partial charge in [0.2, 0.25) is 0 Å². The molecule has 190 valence electrons. The maximum atomic E-state index is 11.5. The van der Waals surface area contributed by atoms with Crippen molar-refractivity contribution in [2.45, 2.75) is 32.4 Å². The zero-order chi connectivity index (χ0) is 26.0. The van der Waals surface area contributed by atoms with Gasteiger partial charge in [0.25, 0.3) is 5.69 Å². The highest BCUT2D eigenvalue weighted by Gasteiger charge is 2.41. The van der Waals surface area contributed by atoms with Gasteiger partial charge in [0.15, 0.2) is 5.11 Å². The second-order valence-electron chi connectivity index (χ2n) is 9.25. The minimum atomic E-state index is -0.388. The molecule has 1 aromatic carbocycles. The lowest BCUT2D eigenvalue weighted by atomic mass is 9.96. The SMILES string of the molecule is COc1ccc([N+](=O)[O-])cc1-n1c(C)cc([C@@H]2[C@H](c3ccccn3)NC(=S)N2CCCN(C)C)c1C. The van der Waals surface area contributed by atoms with E-state index >= 15 is 0 Å². The molecular formula is C26H32N6O3S. The Bertz CT molecular complexity index is 1260. The monoisotopic (exact) mass is 508 g/mol. The van der Waals surface area contributed by atoms with E-state index in [-0.39, 0.29) is 22.7 Å². The van der Waals surface area contributed by atoms with Crippen molar-refractivity contribution in [3.63, 3.8) is 0 Å². The summed E-state index contributed by atoms with van der Waals surface area (Å²) in [6, 6.07) is 12.5. The van der Waals surface area contributed by atoms with Crippen molar-refractivity contribution in [3.8, 4) is 11.4 Å². The van der Waals surface area contributed by atoms with E-state index < -0.39 is 0 Å². The number of benzene rings is 1. The van der Waals surface area contributed by atoms with Gasteiger partial charge in [-0.2, -0.15) is 0 Å². The molecule has 2 aromatic heterocycles. The van der Waals surface area contributed by atoms with Crippen molar-refractivity contribution in [2.75, 3.05) is 34.3 Å². The van der Waals surface area contributed by atoms with Gasteiger partial charge in [0, 0.05) is 36.3 Å². The summed E-state index contributed by atoms with van der Waals surface area (Å²) in [5.41, 5.74) is 4.58. The Morgan fingerprint density at radius 1 is 1.22 bits per heavy atom. The van der Waals surface area contributed by atoms with Gasteiger partial charge in [-0.3, -0.25) is 15.1 Å². The number of hydrogen-bond acceptors (Lipinski definition) is 6. The third kappa shape index (κ3) is 4.91. The van der Waals surface area contributed by atoms with Gasteiger partial charge < -0.3 is 24.4 Å². The highest BCUT2D eigenvalue weighted by Crippen LogP contribution is 2.42. The quantitative estimate of drug-likeness (QED) is 0.260. The van der Waals surface area contributed by atoms with Gasteiger partial charge in [0.05, 0.1) is 35.5 Å². The highest BCUT2D eigenvalue weighted by molar-refractivity contribution is 7.80. The van der Waals surface area contributed by atoms with E-state index in [0.717, 1.165) is 42.2 Å². The average Bonchev–Trinajstić information content (AvgIpc) is 3.33. The van der Waals surface area contributed by atoms with Crippen LogP contribution in [0.3, 0.4) is 0 Å². The Labute approximate surface area is 216 Å². The first kappa shape index (κ1) is 25.6. The van der Waals surface area contributed by atoms with E-state index in [2.05, 4.69) is 40.3 Å². The van der Waals surface area contributed by atoms with E-state index in [4.69, 9.17) is 17.0 Å². The van der Waals surface area contributed by atoms with Gasteiger partial charge >= 0.3 is 0 Å².